The van der Waals surface area contributed by atoms with Crippen LogP contribution >= 0.6 is 0 Å². The van der Waals surface area contributed by atoms with E-state index in [1.54, 1.807) is 29.2 Å². The summed E-state index contributed by atoms with van der Waals surface area (Å²) in [7, 11) is 0. The minimum atomic E-state index is -0.396. The molecule has 2 amide bonds. The van der Waals surface area contributed by atoms with E-state index in [0.717, 1.165) is 5.56 Å². The fourth-order valence-electron chi connectivity index (χ4n) is 2.14. The number of nitrogens with zero attached hydrogens (tertiary/aromatic N) is 1. The number of carbonyl (C=O) groups is 2. The molecule has 0 saturated carbocycles. The maximum absolute atomic E-state index is 12.4. The van der Waals surface area contributed by atoms with Crippen LogP contribution in [0.25, 0.3) is 0 Å². The topological polar surface area (TPSA) is 58.6 Å². The molecule has 1 N–H and O–H groups in total. The molecule has 23 heavy (non-hydrogen) atoms. The average molecular weight is 312 g/mol. The number of anilines is 1. The highest BCUT2D eigenvalue weighted by molar-refractivity contribution is 5.89. The number of urea groups is 1. The van der Waals surface area contributed by atoms with Crippen molar-refractivity contribution in [1.29, 1.82) is 0 Å². The molecule has 2 aromatic rings. The van der Waals surface area contributed by atoms with Crippen molar-refractivity contribution in [1.82, 2.24) is 4.90 Å². The van der Waals surface area contributed by atoms with E-state index in [1.807, 2.05) is 37.3 Å². The maximum atomic E-state index is 12.4. The van der Waals surface area contributed by atoms with E-state index in [4.69, 9.17) is 4.74 Å². The van der Waals surface area contributed by atoms with Gasteiger partial charge < -0.3 is 15.0 Å². The van der Waals surface area contributed by atoms with Gasteiger partial charge in [0.1, 0.15) is 5.75 Å². The van der Waals surface area contributed by atoms with Gasteiger partial charge in [-0.05, 0) is 24.6 Å². The molecule has 0 unspecified atom stereocenters. The van der Waals surface area contributed by atoms with Crippen LogP contribution in [0.1, 0.15) is 19.4 Å². The molecule has 2 rings (SSSR count). The van der Waals surface area contributed by atoms with Gasteiger partial charge in [-0.1, -0.05) is 36.4 Å². The quantitative estimate of drug-likeness (QED) is 0.677. The van der Waals surface area contributed by atoms with Crippen LogP contribution < -0.4 is 10.1 Å². The molecule has 120 valence electrons. The summed E-state index contributed by atoms with van der Waals surface area (Å²) in [5.41, 5.74) is 1.65. The average Bonchev–Trinajstić information content (AvgIpc) is 2.53. The van der Waals surface area contributed by atoms with Gasteiger partial charge in [0, 0.05) is 31.8 Å². The van der Waals surface area contributed by atoms with Crippen LogP contribution in [0.5, 0.6) is 5.75 Å². The molecule has 5 nitrogen and oxygen atoms in total. The van der Waals surface area contributed by atoms with Crippen molar-refractivity contribution in [2.75, 3.05) is 11.9 Å². The predicted molar refractivity (Wildman–Crippen MR) is 89.3 cm³/mol. The third-order valence-corrected chi connectivity index (χ3v) is 3.23. The Morgan fingerprint density at radius 1 is 1.09 bits per heavy atom. The van der Waals surface area contributed by atoms with Gasteiger partial charge in [-0.15, -0.1) is 0 Å². The number of esters is 1. The van der Waals surface area contributed by atoms with E-state index in [-0.39, 0.29) is 6.03 Å². The normalized spacial score (nSPS) is 10.0. The van der Waals surface area contributed by atoms with Crippen LogP contribution in [0.4, 0.5) is 10.5 Å². The third-order valence-electron chi connectivity index (χ3n) is 3.23. The standard InChI is InChI=1S/C18H20N2O3/c1-3-20(13-15-8-5-4-6-9-15)18(22)19-16-10-7-11-17(12-16)23-14(2)21/h4-12H,3,13H2,1-2H3,(H,19,22). The number of carbonyl (C=O) groups excluding carboxylic acids is 2. The molecule has 0 atom stereocenters. The summed E-state index contributed by atoms with van der Waals surface area (Å²) in [6, 6.07) is 16.4. The summed E-state index contributed by atoms with van der Waals surface area (Å²) in [5.74, 6) is 0.00847. The highest BCUT2D eigenvalue weighted by Crippen LogP contribution is 2.18. The zero-order chi connectivity index (χ0) is 16.7. The first kappa shape index (κ1) is 16.5. The van der Waals surface area contributed by atoms with Gasteiger partial charge in [0.25, 0.3) is 0 Å². The zero-order valence-corrected chi connectivity index (χ0v) is 13.3. The number of hydrogen-bond acceptors (Lipinski definition) is 3. The lowest BCUT2D eigenvalue weighted by Gasteiger charge is -2.21. The minimum absolute atomic E-state index is 0.198. The highest BCUT2D eigenvalue weighted by atomic mass is 16.5. The maximum Gasteiger partial charge on any atom is 0.322 e. The van der Waals surface area contributed by atoms with Crippen LogP contribution in [0.2, 0.25) is 0 Å². The van der Waals surface area contributed by atoms with Crippen LogP contribution in [0.3, 0.4) is 0 Å². The SMILES string of the molecule is CCN(Cc1ccccc1)C(=O)Nc1cccc(OC(C)=O)c1. The first-order chi connectivity index (χ1) is 11.1. The first-order valence-corrected chi connectivity index (χ1v) is 7.47. The van der Waals surface area contributed by atoms with E-state index in [1.165, 1.54) is 6.92 Å². The summed E-state index contributed by atoms with van der Waals surface area (Å²) >= 11 is 0. The van der Waals surface area contributed by atoms with E-state index >= 15 is 0 Å². The molecule has 0 spiro atoms. The molecule has 5 heteroatoms. The second-order valence-corrected chi connectivity index (χ2v) is 5.05. The van der Waals surface area contributed by atoms with Crippen LogP contribution in [0.15, 0.2) is 54.6 Å². The fraction of sp³-hybridized carbons (Fsp3) is 0.222. The first-order valence-electron chi connectivity index (χ1n) is 7.47. The van der Waals surface area contributed by atoms with Gasteiger partial charge in [0.15, 0.2) is 0 Å². The van der Waals surface area contributed by atoms with Gasteiger partial charge in [-0.3, -0.25) is 4.79 Å². The van der Waals surface area contributed by atoms with Gasteiger partial charge in [-0.2, -0.15) is 0 Å². The Bertz CT molecular complexity index is 671. The van der Waals surface area contributed by atoms with Crippen molar-refractivity contribution in [2.24, 2.45) is 0 Å². The lowest BCUT2D eigenvalue weighted by molar-refractivity contribution is -0.131. The molecule has 0 aliphatic carbocycles. The van der Waals surface area contributed by atoms with Crippen molar-refractivity contribution >= 4 is 17.7 Å². The fourth-order valence-corrected chi connectivity index (χ4v) is 2.14. The van der Waals surface area contributed by atoms with Crippen LogP contribution in [-0.4, -0.2) is 23.4 Å². The molecule has 0 aromatic heterocycles. The van der Waals surface area contributed by atoms with Gasteiger partial charge >= 0.3 is 12.0 Å². The Morgan fingerprint density at radius 2 is 1.83 bits per heavy atom. The number of nitrogens with one attached hydrogen (secondary N) is 1. The summed E-state index contributed by atoms with van der Waals surface area (Å²) in [6.07, 6.45) is 0. The number of benzene rings is 2. The minimum Gasteiger partial charge on any atom is -0.427 e. The van der Waals surface area contributed by atoms with Gasteiger partial charge in [-0.25, -0.2) is 4.79 Å². The number of hydrogen-bond donors (Lipinski definition) is 1. The summed E-state index contributed by atoms with van der Waals surface area (Å²) in [6.45, 7) is 4.39. The van der Waals surface area contributed by atoms with Crippen LogP contribution in [0, 0.1) is 0 Å². The molecule has 0 heterocycles. The lowest BCUT2D eigenvalue weighted by atomic mass is 10.2. The largest absolute Gasteiger partial charge is 0.427 e. The Kier molecular flexibility index (Phi) is 5.74. The summed E-state index contributed by atoms with van der Waals surface area (Å²) in [4.78, 5) is 25.1. The molecule has 0 saturated heterocycles. The van der Waals surface area contributed by atoms with E-state index in [0.29, 0.717) is 24.5 Å². The molecule has 0 fully saturated rings. The highest BCUT2D eigenvalue weighted by Gasteiger charge is 2.12. The van der Waals surface area contributed by atoms with E-state index in [9.17, 15) is 9.59 Å². The van der Waals surface area contributed by atoms with Gasteiger partial charge in [0.2, 0.25) is 0 Å². The Morgan fingerprint density at radius 3 is 2.48 bits per heavy atom. The van der Waals surface area contributed by atoms with Crippen molar-refractivity contribution in [3.05, 3.63) is 60.2 Å². The molecule has 0 bridgehead atoms. The Hall–Kier alpha value is -2.82. The molecular formula is C18H20N2O3. The van der Waals surface area contributed by atoms with Crippen molar-refractivity contribution in [3.63, 3.8) is 0 Å². The summed E-state index contributed by atoms with van der Waals surface area (Å²) in [5, 5.41) is 2.82. The Labute approximate surface area is 135 Å². The smallest absolute Gasteiger partial charge is 0.322 e. The predicted octanol–water partition coefficient (Wildman–Crippen LogP) is 3.67. The van der Waals surface area contributed by atoms with Crippen molar-refractivity contribution < 1.29 is 14.3 Å². The summed E-state index contributed by atoms with van der Waals surface area (Å²) < 4.78 is 5.02. The second kappa shape index (κ2) is 7.98. The van der Waals surface area contributed by atoms with Crippen LogP contribution in [-0.2, 0) is 11.3 Å². The van der Waals surface area contributed by atoms with Crippen molar-refractivity contribution in [3.8, 4) is 5.75 Å². The molecule has 0 aliphatic rings. The van der Waals surface area contributed by atoms with Gasteiger partial charge in [0.05, 0.1) is 0 Å². The lowest BCUT2D eigenvalue weighted by Crippen LogP contribution is -2.34. The Balaban J connectivity index is 2.03. The molecule has 0 radical (unpaired) electrons. The number of rotatable bonds is 5. The van der Waals surface area contributed by atoms with Crippen molar-refractivity contribution in [2.45, 2.75) is 20.4 Å². The van der Waals surface area contributed by atoms with E-state index < -0.39 is 5.97 Å². The second-order valence-electron chi connectivity index (χ2n) is 5.05. The van der Waals surface area contributed by atoms with E-state index in [2.05, 4.69) is 5.32 Å². The number of ether oxygens (including phenoxy) is 1. The monoisotopic (exact) mass is 312 g/mol. The zero-order valence-electron chi connectivity index (χ0n) is 13.3. The molecular weight excluding hydrogens is 292 g/mol. The molecule has 0 aliphatic heterocycles. The third kappa shape index (κ3) is 5.14. The molecule has 2 aromatic carbocycles. The number of amides is 2.